The fraction of sp³-hybridized carbons (Fsp3) is 0.571. The van der Waals surface area contributed by atoms with E-state index < -0.39 is 6.04 Å². The second kappa shape index (κ2) is 9.31. The van der Waals surface area contributed by atoms with E-state index in [1.54, 1.807) is 29.8 Å². The Labute approximate surface area is 175 Å². The molecule has 152 valence electrons. The Balaban J connectivity index is 1.81. The van der Waals surface area contributed by atoms with Gasteiger partial charge in [0.05, 0.1) is 11.8 Å². The van der Waals surface area contributed by atoms with Crippen LogP contribution < -0.4 is 0 Å². The number of thioether (sulfide) groups is 1. The quantitative estimate of drug-likeness (QED) is 0.630. The standard InChI is InChI=1S/C21H27ClN2O3S/c1-23(13-14-7-3-6-10-17(14)22)21(27)18(11-12-28-2)24-19(25)15-8-4-5-9-16(15)20(24)26/h3,6-7,10,15-16,18H,4-5,8-9,11-13H2,1-2H3. The van der Waals surface area contributed by atoms with Crippen LogP contribution in [0.25, 0.3) is 0 Å². The molecule has 28 heavy (non-hydrogen) atoms. The highest BCUT2D eigenvalue weighted by atomic mass is 35.5. The number of amides is 3. The molecule has 3 amide bonds. The maximum absolute atomic E-state index is 13.3. The van der Waals surface area contributed by atoms with E-state index in [1.165, 1.54) is 4.90 Å². The zero-order valence-corrected chi connectivity index (χ0v) is 18.0. The highest BCUT2D eigenvalue weighted by molar-refractivity contribution is 7.98. The van der Waals surface area contributed by atoms with Crippen molar-refractivity contribution in [3.63, 3.8) is 0 Å². The van der Waals surface area contributed by atoms with Crippen LogP contribution in [0.4, 0.5) is 0 Å². The first kappa shape index (κ1) is 21.2. The SMILES string of the molecule is CSCCC(C(=O)N(C)Cc1ccccc1Cl)N1C(=O)C2CCCCC2C1=O. The molecule has 0 N–H and O–H groups in total. The summed E-state index contributed by atoms with van der Waals surface area (Å²) in [6, 6.07) is 6.66. The van der Waals surface area contributed by atoms with Crippen LogP contribution in [0.5, 0.6) is 0 Å². The summed E-state index contributed by atoms with van der Waals surface area (Å²) in [7, 11) is 1.70. The fourth-order valence-corrected chi connectivity index (χ4v) is 4.96. The maximum Gasteiger partial charge on any atom is 0.245 e. The normalized spacial score (nSPS) is 22.9. The molecular formula is C21H27ClN2O3S. The summed E-state index contributed by atoms with van der Waals surface area (Å²) in [5.41, 5.74) is 0.844. The van der Waals surface area contributed by atoms with Crippen LogP contribution in [0.2, 0.25) is 5.02 Å². The molecule has 1 aromatic carbocycles. The lowest BCUT2D eigenvalue weighted by molar-refractivity contribution is -0.151. The minimum atomic E-state index is -0.731. The molecule has 5 nitrogen and oxygen atoms in total. The maximum atomic E-state index is 13.3. The molecule has 0 aromatic heterocycles. The first-order valence-corrected chi connectivity index (χ1v) is 11.6. The number of carbonyl (C=O) groups is 3. The van der Waals surface area contributed by atoms with Gasteiger partial charge in [0.25, 0.3) is 0 Å². The highest BCUT2D eigenvalue weighted by Gasteiger charge is 2.51. The molecular weight excluding hydrogens is 396 g/mol. The van der Waals surface area contributed by atoms with Crippen LogP contribution >= 0.6 is 23.4 Å². The molecule has 7 heteroatoms. The molecule has 3 rings (SSSR count). The summed E-state index contributed by atoms with van der Waals surface area (Å²) in [6.45, 7) is 0.345. The third kappa shape index (κ3) is 4.23. The zero-order chi connectivity index (χ0) is 20.3. The van der Waals surface area contributed by atoms with E-state index >= 15 is 0 Å². The number of hydrogen-bond donors (Lipinski definition) is 0. The Morgan fingerprint density at radius 1 is 1.21 bits per heavy atom. The van der Waals surface area contributed by atoms with Crippen molar-refractivity contribution in [1.82, 2.24) is 9.80 Å². The Morgan fingerprint density at radius 3 is 2.39 bits per heavy atom. The van der Waals surface area contributed by atoms with Crippen LogP contribution in [-0.2, 0) is 20.9 Å². The van der Waals surface area contributed by atoms with Gasteiger partial charge in [0, 0.05) is 18.6 Å². The Hall–Kier alpha value is -1.53. The fourth-order valence-electron chi connectivity index (χ4n) is 4.30. The monoisotopic (exact) mass is 422 g/mol. The lowest BCUT2D eigenvalue weighted by Gasteiger charge is -2.30. The first-order valence-electron chi connectivity index (χ1n) is 9.80. The van der Waals surface area contributed by atoms with Crippen molar-refractivity contribution >= 4 is 41.1 Å². The summed E-state index contributed by atoms with van der Waals surface area (Å²) in [4.78, 5) is 42.1. The number of carbonyl (C=O) groups excluding carboxylic acids is 3. The van der Waals surface area contributed by atoms with Gasteiger partial charge in [-0.05, 0) is 42.9 Å². The number of benzene rings is 1. The van der Waals surface area contributed by atoms with Crippen LogP contribution in [0.3, 0.4) is 0 Å². The Morgan fingerprint density at radius 2 is 1.82 bits per heavy atom. The van der Waals surface area contributed by atoms with E-state index in [9.17, 15) is 14.4 Å². The van der Waals surface area contributed by atoms with Crippen molar-refractivity contribution in [2.75, 3.05) is 19.1 Å². The van der Waals surface area contributed by atoms with Crippen molar-refractivity contribution in [3.8, 4) is 0 Å². The minimum Gasteiger partial charge on any atom is -0.340 e. The van der Waals surface area contributed by atoms with Gasteiger partial charge in [-0.25, -0.2) is 0 Å². The number of rotatable bonds is 7. The number of halogens is 1. The Kier molecular flexibility index (Phi) is 7.05. The van der Waals surface area contributed by atoms with Gasteiger partial charge in [-0.3, -0.25) is 19.3 Å². The third-order valence-electron chi connectivity index (χ3n) is 5.81. The number of fused-ring (bicyclic) bond motifs is 1. The van der Waals surface area contributed by atoms with Gasteiger partial charge in [-0.1, -0.05) is 42.6 Å². The summed E-state index contributed by atoms with van der Waals surface area (Å²) in [5, 5.41) is 0.599. The summed E-state index contributed by atoms with van der Waals surface area (Å²) >= 11 is 7.84. The number of imide groups is 1. The number of likely N-dealkylation sites (tertiary alicyclic amines) is 1. The van der Waals surface area contributed by atoms with Crippen LogP contribution in [0.1, 0.15) is 37.7 Å². The van der Waals surface area contributed by atoms with Crippen molar-refractivity contribution in [2.24, 2.45) is 11.8 Å². The van der Waals surface area contributed by atoms with E-state index in [4.69, 9.17) is 11.6 Å². The third-order valence-corrected chi connectivity index (χ3v) is 6.82. The lowest BCUT2D eigenvalue weighted by Crippen LogP contribution is -2.50. The summed E-state index contributed by atoms with van der Waals surface area (Å²) < 4.78 is 0. The molecule has 1 aliphatic heterocycles. The van der Waals surface area contributed by atoms with Gasteiger partial charge in [-0.2, -0.15) is 11.8 Å². The average Bonchev–Trinajstić information content (AvgIpc) is 2.95. The summed E-state index contributed by atoms with van der Waals surface area (Å²) in [5.74, 6) is -0.266. The lowest BCUT2D eigenvalue weighted by atomic mass is 9.81. The molecule has 3 atom stereocenters. The van der Waals surface area contributed by atoms with E-state index in [1.807, 2.05) is 24.5 Å². The number of likely N-dealkylation sites (N-methyl/N-ethyl adjacent to an activating group) is 1. The van der Waals surface area contributed by atoms with Crippen molar-refractivity contribution in [1.29, 1.82) is 0 Å². The molecule has 1 heterocycles. The molecule has 0 bridgehead atoms. The van der Waals surface area contributed by atoms with Crippen molar-refractivity contribution in [3.05, 3.63) is 34.9 Å². The van der Waals surface area contributed by atoms with Crippen molar-refractivity contribution in [2.45, 2.75) is 44.7 Å². The molecule has 1 saturated heterocycles. The second-order valence-corrected chi connectivity index (χ2v) is 9.02. The van der Waals surface area contributed by atoms with E-state index in [-0.39, 0.29) is 29.6 Å². The van der Waals surface area contributed by atoms with Crippen molar-refractivity contribution < 1.29 is 14.4 Å². The number of nitrogens with zero attached hydrogens (tertiary/aromatic N) is 2. The van der Waals surface area contributed by atoms with Gasteiger partial charge >= 0.3 is 0 Å². The van der Waals surface area contributed by atoms with Gasteiger partial charge < -0.3 is 4.90 Å². The molecule has 1 saturated carbocycles. The Bertz CT molecular complexity index is 733. The first-order chi connectivity index (χ1) is 13.5. The highest BCUT2D eigenvalue weighted by Crippen LogP contribution is 2.39. The van der Waals surface area contributed by atoms with Crippen LogP contribution in [0.15, 0.2) is 24.3 Å². The molecule has 0 radical (unpaired) electrons. The van der Waals surface area contributed by atoms with E-state index in [0.717, 1.165) is 31.2 Å². The molecule has 3 unspecified atom stereocenters. The predicted molar refractivity (Wildman–Crippen MR) is 112 cm³/mol. The number of hydrogen-bond acceptors (Lipinski definition) is 4. The van der Waals surface area contributed by atoms with Crippen LogP contribution in [-0.4, -0.2) is 52.6 Å². The molecule has 1 aromatic rings. The average molecular weight is 423 g/mol. The predicted octanol–water partition coefficient (Wildman–Crippen LogP) is 3.60. The van der Waals surface area contributed by atoms with Gasteiger partial charge in [-0.15, -0.1) is 0 Å². The smallest absolute Gasteiger partial charge is 0.245 e. The van der Waals surface area contributed by atoms with Gasteiger partial charge in [0.2, 0.25) is 17.7 Å². The molecule has 0 spiro atoms. The minimum absolute atomic E-state index is 0.153. The summed E-state index contributed by atoms with van der Waals surface area (Å²) in [6.07, 6.45) is 5.90. The molecule has 2 aliphatic rings. The second-order valence-electron chi connectivity index (χ2n) is 7.63. The molecule has 2 fully saturated rings. The van der Waals surface area contributed by atoms with Gasteiger partial charge in [0.1, 0.15) is 6.04 Å². The van der Waals surface area contributed by atoms with Gasteiger partial charge in [0.15, 0.2) is 0 Å². The topological polar surface area (TPSA) is 57.7 Å². The van der Waals surface area contributed by atoms with E-state index in [2.05, 4.69) is 0 Å². The molecule has 1 aliphatic carbocycles. The van der Waals surface area contributed by atoms with E-state index in [0.29, 0.717) is 23.7 Å². The zero-order valence-electron chi connectivity index (χ0n) is 16.4. The van der Waals surface area contributed by atoms with Crippen LogP contribution in [0, 0.1) is 11.8 Å². The largest absolute Gasteiger partial charge is 0.340 e.